The van der Waals surface area contributed by atoms with Gasteiger partial charge in [0.15, 0.2) is 0 Å². The topological polar surface area (TPSA) is 12.0 Å². The van der Waals surface area contributed by atoms with E-state index in [0.717, 1.165) is 12.1 Å². The average molecular weight is 134 g/mol. The van der Waals surface area contributed by atoms with Gasteiger partial charge < -0.3 is 5.32 Å². The predicted molar refractivity (Wildman–Crippen MR) is 36.4 cm³/mol. The van der Waals surface area contributed by atoms with Crippen LogP contribution in [0.15, 0.2) is 0 Å². The van der Waals surface area contributed by atoms with Gasteiger partial charge in [-0.3, -0.25) is 0 Å². The van der Waals surface area contributed by atoms with Crippen molar-refractivity contribution in [1.82, 2.24) is 5.32 Å². The number of hydrogen-bond acceptors (Lipinski definition) is 1. The minimum atomic E-state index is 0. The largest absolute Gasteiger partial charge is 0.311 e. The van der Waals surface area contributed by atoms with E-state index in [9.17, 15) is 0 Å². The Kier molecular flexibility index (Phi) is 1.78. The van der Waals surface area contributed by atoms with Gasteiger partial charge in [-0.25, -0.2) is 0 Å². The monoisotopic (exact) mass is 133 g/mol. The first-order chi connectivity index (χ1) is 3.45. The van der Waals surface area contributed by atoms with Gasteiger partial charge in [0.2, 0.25) is 0 Å². The van der Waals surface area contributed by atoms with Crippen molar-refractivity contribution in [1.29, 1.82) is 0 Å². The molecule has 0 radical (unpaired) electrons. The molecular formula is C6H12ClN. The number of rotatable bonds is 2. The maximum Gasteiger partial charge on any atom is 0.00708 e. The Balaban J connectivity index is 0.000000320. The number of halogens is 1. The summed E-state index contributed by atoms with van der Waals surface area (Å²) in [5, 5.41) is 3.53. The predicted octanol–water partition coefficient (Wildman–Crippen LogP) is 1.32. The van der Waals surface area contributed by atoms with Crippen LogP contribution >= 0.6 is 12.4 Å². The smallest absolute Gasteiger partial charge is 0.00708 e. The van der Waals surface area contributed by atoms with Gasteiger partial charge in [-0.15, -0.1) is 12.4 Å². The van der Waals surface area contributed by atoms with E-state index >= 15 is 0 Å². The lowest BCUT2D eigenvalue weighted by Gasteiger charge is -1.92. The van der Waals surface area contributed by atoms with E-state index in [1.54, 1.807) is 0 Å². The van der Waals surface area contributed by atoms with Crippen LogP contribution in [0.4, 0.5) is 0 Å². The van der Waals surface area contributed by atoms with Crippen molar-refractivity contribution in [2.24, 2.45) is 0 Å². The molecule has 0 atom stereocenters. The van der Waals surface area contributed by atoms with Crippen LogP contribution in [-0.4, -0.2) is 12.1 Å². The molecule has 0 bridgehead atoms. The SMILES string of the molecule is C1CC1NC1CC1.Cl. The molecule has 8 heavy (non-hydrogen) atoms. The molecule has 0 saturated heterocycles. The van der Waals surface area contributed by atoms with E-state index in [4.69, 9.17) is 0 Å². The molecule has 2 rings (SSSR count). The molecule has 0 aromatic carbocycles. The zero-order valence-corrected chi connectivity index (χ0v) is 5.71. The van der Waals surface area contributed by atoms with Crippen molar-refractivity contribution in [3.8, 4) is 0 Å². The third-order valence-electron chi connectivity index (χ3n) is 1.63. The standard InChI is InChI=1S/C6H11N.ClH/c1-2-5(1)7-6-3-4-6;/h5-7H,1-4H2;1H. The minimum absolute atomic E-state index is 0. The Morgan fingerprint density at radius 3 is 1.50 bits per heavy atom. The van der Waals surface area contributed by atoms with E-state index in [-0.39, 0.29) is 12.4 Å². The molecule has 0 spiro atoms. The highest BCUT2D eigenvalue weighted by Gasteiger charge is 2.29. The Labute approximate surface area is 56.3 Å². The van der Waals surface area contributed by atoms with Crippen molar-refractivity contribution in [2.75, 3.05) is 0 Å². The molecular weight excluding hydrogens is 122 g/mol. The number of nitrogens with one attached hydrogen (secondary N) is 1. The first-order valence-electron chi connectivity index (χ1n) is 3.21. The van der Waals surface area contributed by atoms with Crippen LogP contribution in [0.2, 0.25) is 0 Å². The van der Waals surface area contributed by atoms with E-state index in [2.05, 4.69) is 5.32 Å². The van der Waals surface area contributed by atoms with Gasteiger partial charge in [0.05, 0.1) is 0 Å². The van der Waals surface area contributed by atoms with Gasteiger partial charge in [0, 0.05) is 12.1 Å². The summed E-state index contributed by atoms with van der Waals surface area (Å²) in [6.07, 6.45) is 5.76. The van der Waals surface area contributed by atoms with Gasteiger partial charge in [0.1, 0.15) is 0 Å². The summed E-state index contributed by atoms with van der Waals surface area (Å²) in [6, 6.07) is 1.87. The zero-order chi connectivity index (χ0) is 4.69. The Hall–Kier alpha value is 0.250. The molecule has 0 unspecified atom stereocenters. The second kappa shape index (κ2) is 2.24. The first-order valence-corrected chi connectivity index (χ1v) is 3.21. The van der Waals surface area contributed by atoms with Crippen molar-refractivity contribution in [2.45, 2.75) is 37.8 Å². The lowest BCUT2D eigenvalue weighted by Crippen LogP contribution is -2.17. The van der Waals surface area contributed by atoms with Crippen LogP contribution in [0.5, 0.6) is 0 Å². The van der Waals surface area contributed by atoms with Crippen LogP contribution < -0.4 is 5.32 Å². The third kappa shape index (κ3) is 1.64. The lowest BCUT2D eigenvalue weighted by atomic mass is 10.6. The van der Waals surface area contributed by atoms with Gasteiger partial charge in [-0.05, 0) is 25.7 Å². The fourth-order valence-corrected chi connectivity index (χ4v) is 0.833. The second-order valence-electron chi connectivity index (χ2n) is 2.72. The fraction of sp³-hybridized carbons (Fsp3) is 1.00. The van der Waals surface area contributed by atoms with Crippen molar-refractivity contribution >= 4 is 12.4 Å². The Bertz CT molecular complexity index is 66.6. The quantitative estimate of drug-likeness (QED) is 0.599. The molecule has 2 aliphatic rings. The molecule has 2 aliphatic carbocycles. The van der Waals surface area contributed by atoms with Crippen LogP contribution in [0.1, 0.15) is 25.7 Å². The molecule has 0 heterocycles. The first kappa shape index (κ1) is 6.37. The van der Waals surface area contributed by atoms with Crippen LogP contribution in [0.3, 0.4) is 0 Å². The molecule has 2 fully saturated rings. The summed E-state index contributed by atoms with van der Waals surface area (Å²) < 4.78 is 0. The highest BCUT2D eigenvalue weighted by molar-refractivity contribution is 5.85. The van der Waals surface area contributed by atoms with Gasteiger partial charge >= 0.3 is 0 Å². The molecule has 0 aromatic rings. The lowest BCUT2D eigenvalue weighted by molar-refractivity contribution is 0.682. The molecule has 1 N–H and O–H groups in total. The van der Waals surface area contributed by atoms with Crippen molar-refractivity contribution < 1.29 is 0 Å². The maximum atomic E-state index is 3.53. The second-order valence-corrected chi connectivity index (χ2v) is 2.72. The number of hydrogen-bond donors (Lipinski definition) is 1. The van der Waals surface area contributed by atoms with Crippen LogP contribution in [0, 0.1) is 0 Å². The molecule has 2 saturated carbocycles. The fourth-order valence-electron chi connectivity index (χ4n) is 0.833. The zero-order valence-electron chi connectivity index (χ0n) is 4.89. The summed E-state index contributed by atoms with van der Waals surface area (Å²) in [4.78, 5) is 0. The van der Waals surface area contributed by atoms with Crippen molar-refractivity contribution in [3.05, 3.63) is 0 Å². The molecule has 2 heteroatoms. The Morgan fingerprint density at radius 2 is 1.25 bits per heavy atom. The summed E-state index contributed by atoms with van der Waals surface area (Å²) in [5.41, 5.74) is 0. The van der Waals surface area contributed by atoms with Gasteiger partial charge in [-0.1, -0.05) is 0 Å². The molecule has 48 valence electrons. The minimum Gasteiger partial charge on any atom is -0.311 e. The van der Waals surface area contributed by atoms with Crippen molar-refractivity contribution in [3.63, 3.8) is 0 Å². The molecule has 1 nitrogen and oxygen atoms in total. The van der Waals surface area contributed by atoms with Gasteiger partial charge in [-0.2, -0.15) is 0 Å². The highest BCUT2D eigenvalue weighted by Crippen LogP contribution is 2.26. The third-order valence-corrected chi connectivity index (χ3v) is 1.63. The van der Waals surface area contributed by atoms with E-state index in [0.29, 0.717) is 0 Å². The summed E-state index contributed by atoms with van der Waals surface area (Å²) in [7, 11) is 0. The molecule has 0 aromatic heterocycles. The van der Waals surface area contributed by atoms with Crippen LogP contribution in [-0.2, 0) is 0 Å². The average Bonchev–Trinajstić information content (AvgIpc) is 2.33. The van der Waals surface area contributed by atoms with Crippen LogP contribution in [0.25, 0.3) is 0 Å². The molecule has 0 aliphatic heterocycles. The van der Waals surface area contributed by atoms with E-state index in [1.807, 2.05) is 0 Å². The Morgan fingerprint density at radius 1 is 0.875 bits per heavy atom. The van der Waals surface area contributed by atoms with E-state index < -0.39 is 0 Å². The normalized spacial score (nSPS) is 27.0. The summed E-state index contributed by atoms with van der Waals surface area (Å²) >= 11 is 0. The van der Waals surface area contributed by atoms with E-state index in [1.165, 1.54) is 25.7 Å². The maximum absolute atomic E-state index is 3.53. The summed E-state index contributed by atoms with van der Waals surface area (Å²) in [5.74, 6) is 0. The summed E-state index contributed by atoms with van der Waals surface area (Å²) in [6.45, 7) is 0. The van der Waals surface area contributed by atoms with Gasteiger partial charge in [0.25, 0.3) is 0 Å². The highest BCUT2D eigenvalue weighted by atomic mass is 35.5. The molecule has 0 amide bonds.